The molecule has 0 saturated carbocycles. The Morgan fingerprint density at radius 1 is 1.17 bits per heavy atom. The van der Waals surface area contributed by atoms with Crippen LogP contribution in [0.1, 0.15) is 25.1 Å². The van der Waals surface area contributed by atoms with Gasteiger partial charge in [-0.1, -0.05) is 11.6 Å². The third kappa shape index (κ3) is 6.01. The number of thiophene rings is 1. The van der Waals surface area contributed by atoms with Crippen molar-refractivity contribution in [2.45, 2.75) is 26.7 Å². The molecular formula is C21H27ClN2O4S. The summed E-state index contributed by atoms with van der Waals surface area (Å²) in [6, 6.07) is 7.62. The second kappa shape index (κ2) is 10.7. The smallest absolute Gasteiger partial charge is 0.224 e. The number of rotatable bonds is 9. The standard InChI is InChI=1S/C21H27ClN2O4S/c1-3-27-18-14-17(24-9-11-26-12-10-24)19(28-4-2)13-16(18)23-21(25)8-6-15-5-7-20(22)29-15/h5,7,13-14H,3-4,6,8-12H2,1-2H3,(H,23,25). The van der Waals surface area contributed by atoms with E-state index in [2.05, 4.69) is 10.2 Å². The summed E-state index contributed by atoms with van der Waals surface area (Å²) in [5.41, 5.74) is 1.59. The molecule has 1 aromatic carbocycles. The summed E-state index contributed by atoms with van der Waals surface area (Å²) in [5, 5.41) is 2.99. The Balaban J connectivity index is 1.78. The maximum atomic E-state index is 12.5. The Hall–Kier alpha value is -1.96. The molecule has 1 aliphatic rings. The van der Waals surface area contributed by atoms with Gasteiger partial charge in [-0.15, -0.1) is 11.3 Å². The Morgan fingerprint density at radius 3 is 2.55 bits per heavy atom. The maximum absolute atomic E-state index is 12.5. The Bertz CT molecular complexity index is 821. The first-order valence-corrected chi connectivity index (χ1v) is 11.1. The van der Waals surface area contributed by atoms with E-state index < -0.39 is 0 Å². The molecule has 1 fully saturated rings. The van der Waals surface area contributed by atoms with Crippen LogP contribution in [-0.4, -0.2) is 45.4 Å². The van der Waals surface area contributed by atoms with Gasteiger partial charge in [0.05, 0.1) is 42.1 Å². The van der Waals surface area contributed by atoms with Crippen molar-refractivity contribution in [2.24, 2.45) is 0 Å². The third-order valence-corrected chi connectivity index (χ3v) is 5.80. The number of nitrogens with zero attached hydrogens (tertiary/aromatic N) is 1. The van der Waals surface area contributed by atoms with Gasteiger partial charge in [-0.3, -0.25) is 4.79 Å². The Labute approximate surface area is 180 Å². The van der Waals surface area contributed by atoms with E-state index in [4.69, 9.17) is 25.8 Å². The van der Waals surface area contributed by atoms with Crippen molar-refractivity contribution >= 4 is 40.2 Å². The summed E-state index contributed by atoms with van der Waals surface area (Å²) in [7, 11) is 0. The number of benzene rings is 1. The number of carbonyl (C=O) groups is 1. The van der Waals surface area contributed by atoms with E-state index >= 15 is 0 Å². The minimum absolute atomic E-state index is 0.0722. The van der Waals surface area contributed by atoms with E-state index in [0.29, 0.717) is 50.7 Å². The van der Waals surface area contributed by atoms with Crippen LogP contribution < -0.4 is 19.7 Å². The highest BCUT2D eigenvalue weighted by atomic mass is 35.5. The number of hydrogen-bond donors (Lipinski definition) is 1. The third-order valence-electron chi connectivity index (χ3n) is 4.51. The first kappa shape index (κ1) is 21.7. The van der Waals surface area contributed by atoms with Crippen molar-refractivity contribution in [3.8, 4) is 11.5 Å². The minimum atomic E-state index is -0.0722. The van der Waals surface area contributed by atoms with E-state index in [1.165, 1.54) is 11.3 Å². The molecular weight excluding hydrogens is 412 g/mol. The van der Waals surface area contributed by atoms with Crippen LogP contribution in [0.15, 0.2) is 24.3 Å². The average molecular weight is 439 g/mol. The monoisotopic (exact) mass is 438 g/mol. The molecule has 1 aliphatic heterocycles. The molecule has 0 unspecified atom stereocenters. The highest BCUT2D eigenvalue weighted by molar-refractivity contribution is 7.16. The zero-order valence-electron chi connectivity index (χ0n) is 16.8. The lowest BCUT2D eigenvalue weighted by Crippen LogP contribution is -2.36. The Kier molecular flexibility index (Phi) is 8.03. The van der Waals surface area contributed by atoms with Crippen LogP contribution in [0.4, 0.5) is 11.4 Å². The van der Waals surface area contributed by atoms with E-state index in [9.17, 15) is 4.79 Å². The van der Waals surface area contributed by atoms with Gasteiger partial charge in [0.2, 0.25) is 5.91 Å². The average Bonchev–Trinajstić information content (AvgIpc) is 3.14. The fraction of sp³-hybridized carbons (Fsp3) is 0.476. The molecule has 1 aromatic heterocycles. The van der Waals surface area contributed by atoms with Crippen molar-refractivity contribution in [3.63, 3.8) is 0 Å². The molecule has 6 nitrogen and oxygen atoms in total. The topological polar surface area (TPSA) is 60.0 Å². The lowest BCUT2D eigenvalue weighted by atomic mass is 10.2. The lowest BCUT2D eigenvalue weighted by molar-refractivity contribution is -0.116. The molecule has 1 saturated heterocycles. The predicted octanol–water partition coefficient (Wildman–Crippen LogP) is 4.61. The largest absolute Gasteiger partial charge is 0.492 e. The number of hydrogen-bond acceptors (Lipinski definition) is 6. The summed E-state index contributed by atoms with van der Waals surface area (Å²) < 4.78 is 17.9. The van der Waals surface area contributed by atoms with Crippen molar-refractivity contribution in [2.75, 3.05) is 49.7 Å². The van der Waals surface area contributed by atoms with E-state index in [1.54, 1.807) is 0 Å². The van der Waals surface area contributed by atoms with Crippen LogP contribution in [0.3, 0.4) is 0 Å². The summed E-state index contributed by atoms with van der Waals surface area (Å²) in [5.74, 6) is 1.31. The number of aryl methyl sites for hydroxylation is 1. The van der Waals surface area contributed by atoms with Crippen LogP contribution in [0.5, 0.6) is 11.5 Å². The molecule has 2 aromatic rings. The van der Waals surface area contributed by atoms with Gasteiger partial charge in [-0.25, -0.2) is 0 Å². The van der Waals surface area contributed by atoms with Crippen molar-refractivity contribution < 1.29 is 19.0 Å². The molecule has 2 heterocycles. The first-order chi connectivity index (χ1) is 14.1. The molecule has 0 aliphatic carbocycles. The highest BCUT2D eigenvalue weighted by Gasteiger charge is 2.20. The van der Waals surface area contributed by atoms with Crippen molar-refractivity contribution in [1.29, 1.82) is 0 Å². The van der Waals surface area contributed by atoms with E-state index in [-0.39, 0.29) is 5.91 Å². The quantitative estimate of drug-likeness (QED) is 0.619. The molecule has 0 atom stereocenters. The summed E-state index contributed by atoms with van der Waals surface area (Å²) in [4.78, 5) is 15.9. The predicted molar refractivity (Wildman–Crippen MR) is 118 cm³/mol. The Morgan fingerprint density at radius 2 is 1.90 bits per heavy atom. The molecule has 29 heavy (non-hydrogen) atoms. The zero-order valence-corrected chi connectivity index (χ0v) is 18.4. The molecule has 1 N–H and O–H groups in total. The lowest BCUT2D eigenvalue weighted by Gasteiger charge is -2.31. The van der Waals surface area contributed by atoms with Crippen LogP contribution in [0, 0.1) is 0 Å². The summed E-state index contributed by atoms with van der Waals surface area (Å²) in [6.07, 6.45) is 1.02. The maximum Gasteiger partial charge on any atom is 0.224 e. The summed E-state index contributed by atoms with van der Waals surface area (Å²) >= 11 is 7.46. The van der Waals surface area contributed by atoms with Gasteiger partial charge in [0.25, 0.3) is 0 Å². The van der Waals surface area contributed by atoms with E-state index in [0.717, 1.165) is 33.7 Å². The highest BCUT2D eigenvalue weighted by Crippen LogP contribution is 2.39. The second-order valence-corrected chi connectivity index (χ2v) is 8.34. The van der Waals surface area contributed by atoms with Gasteiger partial charge in [0.1, 0.15) is 11.5 Å². The van der Waals surface area contributed by atoms with Crippen LogP contribution >= 0.6 is 22.9 Å². The zero-order chi connectivity index (χ0) is 20.6. The SMILES string of the molecule is CCOc1cc(N2CCOCC2)c(OCC)cc1NC(=O)CCc1ccc(Cl)s1. The molecule has 158 valence electrons. The fourth-order valence-electron chi connectivity index (χ4n) is 3.18. The fourth-order valence-corrected chi connectivity index (χ4v) is 4.27. The van der Waals surface area contributed by atoms with Gasteiger partial charge < -0.3 is 24.4 Å². The molecule has 1 amide bonds. The van der Waals surface area contributed by atoms with Gasteiger partial charge >= 0.3 is 0 Å². The minimum Gasteiger partial charge on any atom is -0.492 e. The second-order valence-electron chi connectivity index (χ2n) is 6.54. The number of morpholine rings is 1. The van der Waals surface area contributed by atoms with Gasteiger partial charge in [-0.05, 0) is 32.4 Å². The molecule has 0 radical (unpaired) electrons. The van der Waals surface area contributed by atoms with Crippen LogP contribution in [0.2, 0.25) is 4.34 Å². The van der Waals surface area contributed by atoms with Crippen LogP contribution in [-0.2, 0) is 16.0 Å². The molecule has 8 heteroatoms. The van der Waals surface area contributed by atoms with Crippen molar-refractivity contribution in [3.05, 3.63) is 33.5 Å². The number of amides is 1. The number of anilines is 2. The van der Waals surface area contributed by atoms with Gasteiger partial charge in [0.15, 0.2) is 0 Å². The first-order valence-electron chi connectivity index (χ1n) is 9.91. The van der Waals surface area contributed by atoms with E-state index in [1.807, 2.05) is 38.1 Å². The molecule has 0 spiro atoms. The number of carbonyl (C=O) groups excluding carboxylic acids is 1. The number of ether oxygens (including phenoxy) is 3. The number of halogens is 1. The molecule has 3 rings (SSSR count). The normalized spacial score (nSPS) is 14.0. The van der Waals surface area contributed by atoms with Crippen LogP contribution in [0.25, 0.3) is 0 Å². The molecule has 0 bridgehead atoms. The van der Waals surface area contributed by atoms with Gasteiger partial charge in [0, 0.05) is 36.5 Å². The number of nitrogens with one attached hydrogen (secondary N) is 1. The van der Waals surface area contributed by atoms with Crippen molar-refractivity contribution in [1.82, 2.24) is 0 Å². The summed E-state index contributed by atoms with van der Waals surface area (Å²) in [6.45, 7) is 7.87. The van der Waals surface area contributed by atoms with Gasteiger partial charge in [-0.2, -0.15) is 0 Å².